The largest absolute Gasteiger partial charge is 0.416 e. The number of benzene rings is 2. The third-order valence-corrected chi connectivity index (χ3v) is 5.60. The molecule has 2 amide bonds. The van der Waals surface area contributed by atoms with Crippen molar-refractivity contribution in [3.05, 3.63) is 65.9 Å². The first-order chi connectivity index (χ1) is 14.8. The Morgan fingerprint density at radius 1 is 1.13 bits per heavy atom. The number of hydrogen-bond acceptors (Lipinski definition) is 5. The number of halogens is 3. The summed E-state index contributed by atoms with van der Waals surface area (Å²) < 4.78 is 41.9. The van der Waals surface area contributed by atoms with Crippen molar-refractivity contribution in [1.29, 1.82) is 5.41 Å². The molecule has 0 radical (unpaired) electrons. The number of para-hydroxylation sites is 2. The van der Waals surface area contributed by atoms with Crippen LogP contribution in [0.5, 0.6) is 0 Å². The van der Waals surface area contributed by atoms with Crippen molar-refractivity contribution in [2.45, 2.75) is 6.18 Å². The Hall–Kier alpha value is -3.93. The van der Waals surface area contributed by atoms with Crippen molar-refractivity contribution in [1.82, 2.24) is 19.0 Å². The van der Waals surface area contributed by atoms with Gasteiger partial charge < -0.3 is 5.32 Å². The molecular weight excluding hydrogens is 431 g/mol. The molecule has 12 heteroatoms. The fraction of sp³-hybridized carbons (Fsp3) is 0.0526. The van der Waals surface area contributed by atoms with E-state index in [1.54, 1.807) is 0 Å². The summed E-state index contributed by atoms with van der Waals surface area (Å²) in [5.41, 5.74) is 3.62. The van der Waals surface area contributed by atoms with Gasteiger partial charge in [-0.3, -0.25) is 9.81 Å². The molecular formula is C19H12F3N7OS. The Bertz CT molecular complexity index is 1530. The van der Waals surface area contributed by atoms with E-state index >= 15 is 0 Å². The smallest absolute Gasteiger partial charge is 0.307 e. The number of amides is 2. The standard InChI is InChI=1S/C19H12F3N7OS/c20-19(21,22)10-4-3-5-11(8-10)25-17(30)27-28-9-24-16-14(15(28)23)31-18-26-12-6-1-2-7-13(12)29(16)18/h1-9,23H,(H2,25,27,30). The van der Waals surface area contributed by atoms with Gasteiger partial charge in [-0.2, -0.15) is 13.2 Å². The van der Waals surface area contributed by atoms with Gasteiger partial charge in [-0.15, -0.1) is 0 Å². The van der Waals surface area contributed by atoms with Crippen molar-refractivity contribution in [3.8, 4) is 0 Å². The molecule has 0 saturated carbocycles. The highest BCUT2D eigenvalue weighted by molar-refractivity contribution is 7.23. The van der Waals surface area contributed by atoms with Crippen LogP contribution in [0.25, 0.3) is 26.3 Å². The predicted molar refractivity (Wildman–Crippen MR) is 110 cm³/mol. The van der Waals surface area contributed by atoms with Gasteiger partial charge in [0.25, 0.3) is 0 Å². The average Bonchev–Trinajstić information content (AvgIpc) is 3.26. The van der Waals surface area contributed by atoms with Gasteiger partial charge >= 0.3 is 12.2 Å². The Morgan fingerprint density at radius 2 is 1.94 bits per heavy atom. The van der Waals surface area contributed by atoms with Gasteiger partial charge in [0.15, 0.2) is 16.1 Å². The van der Waals surface area contributed by atoms with Crippen LogP contribution in [-0.4, -0.2) is 25.1 Å². The molecule has 0 aliphatic rings. The number of carbonyl (C=O) groups excluding carboxylic acids is 1. The van der Waals surface area contributed by atoms with Gasteiger partial charge in [0, 0.05) is 5.69 Å². The van der Waals surface area contributed by atoms with Crippen molar-refractivity contribution < 1.29 is 18.0 Å². The van der Waals surface area contributed by atoms with E-state index < -0.39 is 17.8 Å². The summed E-state index contributed by atoms with van der Waals surface area (Å²) in [6.45, 7) is 0. The summed E-state index contributed by atoms with van der Waals surface area (Å²) in [6.07, 6.45) is -3.26. The van der Waals surface area contributed by atoms with E-state index in [9.17, 15) is 18.0 Å². The molecule has 5 rings (SSSR count). The predicted octanol–water partition coefficient (Wildman–Crippen LogP) is 4.17. The Balaban J connectivity index is 1.45. The molecule has 8 nitrogen and oxygen atoms in total. The molecule has 0 bridgehead atoms. The van der Waals surface area contributed by atoms with Crippen molar-refractivity contribution >= 4 is 49.4 Å². The maximum absolute atomic E-state index is 12.8. The van der Waals surface area contributed by atoms with Crippen LogP contribution >= 0.6 is 11.3 Å². The topological polar surface area (TPSA) is 100 Å². The van der Waals surface area contributed by atoms with E-state index in [0.717, 1.165) is 27.8 Å². The van der Waals surface area contributed by atoms with Gasteiger partial charge in [-0.1, -0.05) is 29.5 Å². The third-order valence-electron chi connectivity index (χ3n) is 4.56. The van der Waals surface area contributed by atoms with Crippen LogP contribution in [0.4, 0.5) is 23.7 Å². The molecule has 0 saturated heterocycles. The second kappa shape index (κ2) is 6.80. The van der Waals surface area contributed by atoms with Gasteiger partial charge in [0.05, 0.1) is 16.6 Å². The maximum Gasteiger partial charge on any atom is 0.416 e. The zero-order chi connectivity index (χ0) is 21.8. The van der Waals surface area contributed by atoms with Gasteiger partial charge in [0.2, 0.25) is 0 Å². The maximum atomic E-state index is 12.8. The SMILES string of the molecule is N=c1c2sc3nc4ccccc4n3c2ncn1NC(=O)Nc1cccc(C(F)(F)F)c1. The van der Waals surface area contributed by atoms with Gasteiger partial charge in [0.1, 0.15) is 11.0 Å². The lowest BCUT2D eigenvalue weighted by atomic mass is 10.2. The van der Waals surface area contributed by atoms with Crippen LogP contribution in [0, 0.1) is 5.41 Å². The lowest BCUT2D eigenvalue weighted by molar-refractivity contribution is -0.137. The molecule has 0 aliphatic heterocycles. The lowest BCUT2D eigenvalue weighted by Gasteiger charge is -2.12. The van der Waals surface area contributed by atoms with Crippen molar-refractivity contribution in [2.24, 2.45) is 0 Å². The highest BCUT2D eigenvalue weighted by Crippen LogP contribution is 2.30. The quantitative estimate of drug-likeness (QED) is 0.382. The number of nitrogens with one attached hydrogen (secondary N) is 3. The van der Waals surface area contributed by atoms with Crippen molar-refractivity contribution in [2.75, 3.05) is 10.7 Å². The molecule has 156 valence electrons. The monoisotopic (exact) mass is 443 g/mol. The van der Waals surface area contributed by atoms with Gasteiger partial charge in [-0.05, 0) is 30.3 Å². The zero-order valence-electron chi connectivity index (χ0n) is 15.4. The minimum absolute atomic E-state index is 0.0328. The molecule has 0 aliphatic carbocycles. The number of carbonyl (C=O) groups is 1. The number of alkyl halides is 3. The lowest BCUT2D eigenvalue weighted by Crippen LogP contribution is -2.35. The number of thiazole rings is 1. The molecule has 3 N–H and O–H groups in total. The van der Waals surface area contributed by atoms with E-state index in [-0.39, 0.29) is 11.2 Å². The molecule has 0 atom stereocenters. The van der Waals surface area contributed by atoms with E-state index in [2.05, 4.69) is 20.7 Å². The third kappa shape index (κ3) is 3.26. The summed E-state index contributed by atoms with van der Waals surface area (Å²) in [6, 6.07) is 11.0. The van der Waals surface area contributed by atoms with E-state index in [1.165, 1.54) is 29.8 Å². The second-order valence-electron chi connectivity index (χ2n) is 6.58. The molecule has 3 heterocycles. The molecule has 0 unspecified atom stereocenters. The summed E-state index contributed by atoms with van der Waals surface area (Å²) in [5.74, 6) is 0. The molecule has 3 aromatic heterocycles. The number of fused-ring (bicyclic) bond motifs is 5. The van der Waals surface area contributed by atoms with Crippen LogP contribution in [-0.2, 0) is 6.18 Å². The number of anilines is 1. The average molecular weight is 443 g/mol. The van der Waals surface area contributed by atoms with Crippen LogP contribution in [0.2, 0.25) is 0 Å². The fourth-order valence-electron chi connectivity index (χ4n) is 3.19. The minimum atomic E-state index is -4.52. The number of aromatic nitrogens is 4. The minimum Gasteiger partial charge on any atom is -0.307 e. The summed E-state index contributed by atoms with van der Waals surface area (Å²) >= 11 is 1.25. The second-order valence-corrected chi connectivity index (χ2v) is 7.56. The van der Waals surface area contributed by atoms with E-state index in [1.807, 2.05) is 28.7 Å². The summed E-state index contributed by atoms with van der Waals surface area (Å²) in [7, 11) is 0. The summed E-state index contributed by atoms with van der Waals surface area (Å²) in [5, 5.41) is 10.7. The van der Waals surface area contributed by atoms with Crippen LogP contribution in [0.3, 0.4) is 0 Å². The van der Waals surface area contributed by atoms with Crippen molar-refractivity contribution in [3.63, 3.8) is 0 Å². The number of imidazole rings is 1. The highest BCUT2D eigenvalue weighted by Gasteiger charge is 2.30. The normalized spacial score (nSPS) is 12.0. The Labute approximate surface area is 175 Å². The molecule has 5 aromatic rings. The number of urea groups is 1. The van der Waals surface area contributed by atoms with Crippen LogP contribution in [0.1, 0.15) is 5.56 Å². The molecule has 2 aromatic carbocycles. The molecule has 0 spiro atoms. The van der Waals surface area contributed by atoms with Crippen LogP contribution < -0.4 is 16.2 Å². The molecule has 0 fully saturated rings. The number of hydrogen-bond donors (Lipinski definition) is 3. The van der Waals surface area contributed by atoms with E-state index in [4.69, 9.17) is 5.41 Å². The van der Waals surface area contributed by atoms with E-state index in [0.29, 0.717) is 15.3 Å². The number of rotatable bonds is 2. The van der Waals surface area contributed by atoms with Gasteiger partial charge in [-0.25, -0.2) is 24.9 Å². The first-order valence-corrected chi connectivity index (χ1v) is 9.70. The highest BCUT2D eigenvalue weighted by atomic mass is 32.1. The zero-order valence-corrected chi connectivity index (χ0v) is 16.3. The Kier molecular flexibility index (Phi) is 4.18. The summed E-state index contributed by atoms with van der Waals surface area (Å²) in [4.78, 5) is 21.8. The van der Waals surface area contributed by atoms with Crippen LogP contribution in [0.15, 0.2) is 54.9 Å². The first-order valence-electron chi connectivity index (χ1n) is 8.88. The Morgan fingerprint density at radius 3 is 2.74 bits per heavy atom. The molecule has 31 heavy (non-hydrogen) atoms. The number of nitrogens with zero attached hydrogens (tertiary/aromatic N) is 4. The first kappa shape index (κ1) is 19.1. The fourth-order valence-corrected chi connectivity index (χ4v) is 4.23.